The van der Waals surface area contributed by atoms with Crippen molar-refractivity contribution >= 4 is 39.1 Å². The van der Waals surface area contributed by atoms with Gasteiger partial charge in [-0.05, 0) is 67.8 Å². The number of nitrogens with zero attached hydrogens (tertiary/aromatic N) is 2. The van der Waals surface area contributed by atoms with Crippen molar-refractivity contribution in [2.75, 3.05) is 17.1 Å². The first kappa shape index (κ1) is 31.1. The van der Waals surface area contributed by atoms with Crippen molar-refractivity contribution in [3.05, 3.63) is 101 Å². The lowest BCUT2D eigenvalue weighted by Gasteiger charge is -2.32. The molecule has 40 heavy (non-hydrogen) atoms. The topological polar surface area (TPSA) is 86.8 Å². The number of sulfonamides is 1. The van der Waals surface area contributed by atoms with E-state index in [-0.39, 0.29) is 43.8 Å². The Balaban J connectivity index is 1.87. The zero-order chi connectivity index (χ0) is 29.3. The highest BCUT2D eigenvalue weighted by molar-refractivity contribution is 7.92. The molecular weight excluding hydrogens is 553 g/mol. The molecule has 7 nitrogen and oxygen atoms in total. The van der Waals surface area contributed by atoms with Crippen LogP contribution >= 0.6 is 11.6 Å². The largest absolute Gasteiger partial charge is 0.352 e. The van der Waals surface area contributed by atoms with E-state index in [0.717, 1.165) is 21.7 Å². The van der Waals surface area contributed by atoms with E-state index in [1.165, 1.54) is 24.3 Å². The van der Waals surface area contributed by atoms with E-state index in [0.29, 0.717) is 17.1 Å². The SMILES string of the molecule is CC(C)NC(=O)[C@H](Cc1ccccc1)N(Cc1ccc(Cl)cc1)C(=O)CCCN(c1ccc(F)cc1)S(C)(=O)=O. The van der Waals surface area contributed by atoms with Gasteiger partial charge in [0.25, 0.3) is 0 Å². The summed E-state index contributed by atoms with van der Waals surface area (Å²) < 4.78 is 39.5. The Bertz CT molecular complexity index is 1370. The van der Waals surface area contributed by atoms with E-state index in [4.69, 9.17) is 11.6 Å². The second-order valence-corrected chi connectivity index (χ2v) is 12.3. The third-order valence-corrected chi connectivity index (χ3v) is 7.68. The molecule has 0 heterocycles. The molecule has 0 spiro atoms. The van der Waals surface area contributed by atoms with Gasteiger partial charge in [-0.25, -0.2) is 12.8 Å². The molecule has 0 fully saturated rings. The van der Waals surface area contributed by atoms with Crippen molar-refractivity contribution in [3.63, 3.8) is 0 Å². The molecule has 0 radical (unpaired) electrons. The average molecular weight is 588 g/mol. The second kappa shape index (κ2) is 14.3. The molecule has 214 valence electrons. The first-order valence-electron chi connectivity index (χ1n) is 13.1. The average Bonchev–Trinajstić information content (AvgIpc) is 2.90. The first-order valence-corrected chi connectivity index (χ1v) is 15.3. The fourth-order valence-corrected chi connectivity index (χ4v) is 5.42. The van der Waals surface area contributed by atoms with Crippen molar-refractivity contribution in [2.24, 2.45) is 0 Å². The Morgan fingerprint density at radius 1 is 0.925 bits per heavy atom. The minimum Gasteiger partial charge on any atom is -0.352 e. The van der Waals surface area contributed by atoms with Crippen molar-refractivity contribution < 1.29 is 22.4 Å². The molecular formula is C30H35ClFN3O4S. The molecule has 1 atom stereocenters. The van der Waals surface area contributed by atoms with Crippen molar-refractivity contribution in [1.29, 1.82) is 0 Å². The van der Waals surface area contributed by atoms with Crippen LogP contribution in [-0.4, -0.2) is 50.0 Å². The number of carbonyl (C=O) groups excluding carboxylic acids is 2. The predicted octanol–water partition coefficient (Wildman–Crippen LogP) is 5.19. The van der Waals surface area contributed by atoms with Gasteiger partial charge >= 0.3 is 0 Å². The molecule has 0 aliphatic heterocycles. The van der Waals surface area contributed by atoms with Crippen molar-refractivity contribution in [3.8, 4) is 0 Å². The highest BCUT2D eigenvalue weighted by Gasteiger charge is 2.31. The van der Waals surface area contributed by atoms with Crippen LogP contribution < -0.4 is 9.62 Å². The number of carbonyl (C=O) groups is 2. The van der Waals surface area contributed by atoms with Gasteiger partial charge < -0.3 is 10.2 Å². The number of hydrogen-bond acceptors (Lipinski definition) is 4. The summed E-state index contributed by atoms with van der Waals surface area (Å²) in [6.07, 6.45) is 1.58. The van der Waals surface area contributed by atoms with E-state index in [9.17, 15) is 22.4 Å². The van der Waals surface area contributed by atoms with Gasteiger partial charge in [0.15, 0.2) is 0 Å². The first-order chi connectivity index (χ1) is 18.9. The van der Waals surface area contributed by atoms with E-state index < -0.39 is 21.9 Å². The van der Waals surface area contributed by atoms with Crippen molar-refractivity contribution in [2.45, 2.75) is 51.7 Å². The molecule has 0 aromatic heterocycles. The van der Waals surface area contributed by atoms with Gasteiger partial charge in [-0.15, -0.1) is 0 Å². The molecule has 10 heteroatoms. The van der Waals surface area contributed by atoms with Crippen LogP contribution in [0, 0.1) is 5.82 Å². The third kappa shape index (κ3) is 9.34. The van der Waals surface area contributed by atoms with Crippen LogP contribution in [0.4, 0.5) is 10.1 Å². The molecule has 0 aliphatic carbocycles. The molecule has 0 saturated heterocycles. The lowest BCUT2D eigenvalue weighted by atomic mass is 10.0. The normalized spacial score (nSPS) is 12.2. The number of nitrogens with one attached hydrogen (secondary N) is 1. The van der Waals surface area contributed by atoms with Gasteiger partial charge in [-0.2, -0.15) is 0 Å². The molecule has 3 aromatic rings. The smallest absolute Gasteiger partial charge is 0.243 e. The van der Waals surface area contributed by atoms with E-state index in [2.05, 4.69) is 5.32 Å². The van der Waals surface area contributed by atoms with Gasteiger partial charge in [0.05, 0.1) is 11.9 Å². The predicted molar refractivity (Wildman–Crippen MR) is 157 cm³/mol. The summed E-state index contributed by atoms with van der Waals surface area (Å²) in [5.41, 5.74) is 2.02. The highest BCUT2D eigenvalue weighted by atomic mass is 35.5. The number of anilines is 1. The Morgan fingerprint density at radius 2 is 1.55 bits per heavy atom. The van der Waals surface area contributed by atoms with Crippen LogP contribution in [0.5, 0.6) is 0 Å². The quantitative estimate of drug-likeness (QED) is 0.298. The lowest BCUT2D eigenvalue weighted by Crippen LogP contribution is -2.51. The van der Waals surface area contributed by atoms with Crippen LogP contribution in [0.25, 0.3) is 0 Å². The number of hydrogen-bond donors (Lipinski definition) is 1. The molecule has 0 aliphatic rings. The molecule has 0 bridgehead atoms. The fourth-order valence-electron chi connectivity index (χ4n) is 4.33. The summed E-state index contributed by atoms with van der Waals surface area (Å²) in [7, 11) is -3.68. The maximum absolute atomic E-state index is 13.8. The summed E-state index contributed by atoms with van der Waals surface area (Å²) in [6, 6.07) is 20.8. The number of halogens is 2. The van der Waals surface area contributed by atoms with Crippen LogP contribution in [0.2, 0.25) is 5.02 Å². The summed E-state index contributed by atoms with van der Waals surface area (Å²) in [4.78, 5) is 28.7. The summed E-state index contributed by atoms with van der Waals surface area (Å²) in [5, 5.41) is 3.50. The molecule has 3 aromatic carbocycles. The zero-order valence-corrected chi connectivity index (χ0v) is 24.5. The van der Waals surface area contributed by atoms with Gasteiger partial charge in [-0.3, -0.25) is 13.9 Å². The standard InChI is InChI=1S/C30H35ClFN3O4S/c1-22(2)33-30(37)28(20-23-8-5-4-6-9-23)34(21-24-11-13-25(31)14-12-24)29(36)10-7-19-35(40(3,38)39)27-17-15-26(32)16-18-27/h4-6,8-9,11-18,22,28H,7,10,19-21H2,1-3H3,(H,33,37)/t28-/m0/s1. The Labute approximate surface area is 241 Å². The Hall–Kier alpha value is -3.43. The maximum atomic E-state index is 13.8. The Morgan fingerprint density at radius 3 is 2.12 bits per heavy atom. The molecule has 3 rings (SSSR count). The number of amides is 2. The fraction of sp³-hybridized carbons (Fsp3) is 0.333. The maximum Gasteiger partial charge on any atom is 0.243 e. The van der Waals surface area contributed by atoms with Crippen molar-refractivity contribution in [1.82, 2.24) is 10.2 Å². The van der Waals surface area contributed by atoms with Gasteiger partial charge in [0, 0.05) is 37.0 Å². The lowest BCUT2D eigenvalue weighted by molar-refractivity contribution is -0.141. The number of rotatable bonds is 13. The monoisotopic (exact) mass is 587 g/mol. The minimum absolute atomic E-state index is 0.00104. The molecule has 0 saturated carbocycles. The van der Waals surface area contributed by atoms with Crippen LogP contribution in [-0.2, 0) is 32.6 Å². The molecule has 2 amide bonds. The second-order valence-electron chi connectivity index (χ2n) is 9.93. The molecule has 1 N–H and O–H groups in total. The Kier molecular flexibility index (Phi) is 11.1. The van der Waals surface area contributed by atoms with Gasteiger partial charge in [0.2, 0.25) is 21.8 Å². The molecule has 0 unspecified atom stereocenters. The van der Waals surface area contributed by atoms with Gasteiger partial charge in [0.1, 0.15) is 11.9 Å². The van der Waals surface area contributed by atoms with Crippen LogP contribution in [0.3, 0.4) is 0 Å². The third-order valence-electron chi connectivity index (χ3n) is 6.23. The summed E-state index contributed by atoms with van der Waals surface area (Å²) in [6.45, 7) is 3.91. The van der Waals surface area contributed by atoms with Gasteiger partial charge in [-0.1, -0.05) is 54.1 Å². The van der Waals surface area contributed by atoms with Crippen LogP contribution in [0.1, 0.15) is 37.8 Å². The van der Waals surface area contributed by atoms with E-state index in [1.54, 1.807) is 17.0 Å². The number of benzene rings is 3. The van der Waals surface area contributed by atoms with E-state index in [1.807, 2.05) is 56.3 Å². The highest BCUT2D eigenvalue weighted by Crippen LogP contribution is 2.21. The summed E-state index contributed by atoms with van der Waals surface area (Å²) in [5.74, 6) is -1.04. The zero-order valence-electron chi connectivity index (χ0n) is 22.9. The van der Waals surface area contributed by atoms with E-state index >= 15 is 0 Å². The van der Waals surface area contributed by atoms with Crippen LogP contribution in [0.15, 0.2) is 78.9 Å². The minimum atomic E-state index is -3.68. The summed E-state index contributed by atoms with van der Waals surface area (Å²) >= 11 is 6.06.